The fourth-order valence-corrected chi connectivity index (χ4v) is 2.43. The summed E-state index contributed by atoms with van der Waals surface area (Å²) in [5.41, 5.74) is 7.28. The molecule has 0 aromatic carbocycles. The van der Waals surface area contributed by atoms with E-state index in [1.165, 1.54) is 19.3 Å². The maximum absolute atomic E-state index is 7.65. The van der Waals surface area contributed by atoms with Gasteiger partial charge in [0.15, 0.2) is 0 Å². The van der Waals surface area contributed by atoms with Crippen LogP contribution < -0.4 is 10.6 Å². The van der Waals surface area contributed by atoms with E-state index in [0.717, 1.165) is 30.2 Å². The third-order valence-corrected chi connectivity index (χ3v) is 3.12. The van der Waals surface area contributed by atoms with Gasteiger partial charge in [0.05, 0.1) is 11.3 Å². The maximum atomic E-state index is 7.65. The summed E-state index contributed by atoms with van der Waals surface area (Å²) in [6.45, 7) is 3.99. The molecule has 0 atom stereocenters. The number of hydrogen-bond donors (Lipinski definition) is 2. The second-order valence-corrected chi connectivity index (χ2v) is 4.37. The van der Waals surface area contributed by atoms with Crippen LogP contribution >= 0.6 is 0 Å². The van der Waals surface area contributed by atoms with Crippen LogP contribution in [0.4, 0.5) is 5.82 Å². The number of nitrogens with two attached hydrogens (primary N) is 1. The van der Waals surface area contributed by atoms with E-state index in [1.54, 1.807) is 0 Å². The molecule has 5 heteroatoms. The fourth-order valence-electron chi connectivity index (χ4n) is 2.43. The molecule has 0 aliphatic carbocycles. The Morgan fingerprint density at radius 1 is 1.31 bits per heavy atom. The molecule has 1 aromatic heterocycles. The summed E-state index contributed by atoms with van der Waals surface area (Å²) in [5.74, 6) is 1.12. The maximum Gasteiger partial charge on any atom is 0.137 e. The van der Waals surface area contributed by atoms with Crippen molar-refractivity contribution in [2.24, 2.45) is 12.8 Å². The molecule has 0 radical (unpaired) electrons. The topological polar surface area (TPSA) is 70.9 Å². The Bertz CT molecular complexity index is 401. The summed E-state index contributed by atoms with van der Waals surface area (Å²) in [5, 5.41) is 12.0. The first-order valence-electron chi connectivity index (χ1n) is 5.74. The van der Waals surface area contributed by atoms with Crippen molar-refractivity contribution in [1.29, 1.82) is 5.41 Å². The van der Waals surface area contributed by atoms with Gasteiger partial charge >= 0.3 is 0 Å². The summed E-state index contributed by atoms with van der Waals surface area (Å²) in [7, 11) is 1.92. The first-order chi connectivity index (χ1) is 7.61. The number of piperidine rings is 1. The molecule has 0 spiro atoms. The van der Waals surface area contributed by atoms with Gasteiger partial charge in [-0.15, -0.1) is 0 Å². The van der Waals surface area contributed by atoms with Crippen LogP contribution in [0.15, 0.2) is 0 Å². The molecule has 2 heterocycles. The van der Waals surface area contributed by atoms with Crippen molar-refractivity contribution in [2.45, 2.75) is 26.2 Å². The Labute approximate surface area is 95.7 Å². The SMILES string of the molecule is Cc1nn(C)c(N2CCCCC2)c1C(=N)N. The fraction of sp³-hybridized carbons (Fsp3) is 0.636. The third kappa shape index (κ3) is 1.77. The van der Waals surface area contributed by atoms with Crippen LogP contribution in [-0.2, 0) is 7.05 Å². The van der Waals surface area contributed by atoms with Crippen LogP contribution in [0, 0.1) is 12.3 Å². The average Bonchev–Trinajstić information content (AvgIpc) is 2.55. The Kier molecular flexibility index (Phi) is 2.85. The number of nitrogens with zero attached hydrogens (tertiary/aromatic N) is 3. The summed E-state index contributed by atoms with van der Waals surface area (Å²) < 4.78 is 1.84. The zero-order valence-electron chi connectivity index (χ0n) is 9.95. The molecule has 0 saturated carbocycles. The minimum atomic E-state index is 0.117. The molecular weight excluding hydrogens is 202 g/mol. The summed E-state index contributed by atoms with van der Waals surface area (Å²) >= 11 is 0. The van der Waals surface area contributed by atoms with Gasteiger partial charge < -0.3 is 10.6 Å². The molecule has 2 rings (SSSR count). The van der Waals surface area contributed by atoms with Crippen molar-refractivity contribution in [3.05, 3.63) is 11.3 Å². The van der Waals surface area contributed by atoms with Crippen LogP contribution in [0.2, 0.25) is 0 Å². The third-order valence-electron chi connectivity index (χ3n) is 3.12. The molecular formula is C11H19N5. The van der Waals surface area contributed by atoms with E-state index in [4.69, 9.17) is 11.1 Å². The molecule has 1 aliphatic heterocycles. The van der Waals surface area contributed by atoms with E-state index in [1.807, 2.05) is 18.7 Å². The molecule has 1 aliphatic rings. The quantitative estimate of drug-likeness (QED) is 0.578. The molecule has 1 aromatic rings. The van der Waals surface area contributed by atoms with Gasteiger partial charge in [0.25, 0.3) is 0 Å². The second-order valence-electron chi connectivity index (χ2n) is 4.37. The Morgan fingerprint density at radius 3 is 2.50 bits per heavy atom. The van der Waals surface area contributed by atoms with Crippen LogP contribution in [0.25, 0.3) is 0 Å². The summed E-state index contributed by atoms with van der Waals surface area (Å²) in [6, 6.07) is 0. The van der Waals surface area contributed by atoms with Crippen molar-refractivity contribution in [3.63, 3.8) is 0 Å². The van der Waals surface area contributed by atoms with Gasteiger partial charge in [0, 0.05) is 20.1 Å². The van der Waals surface area contributed by atoms with E-state index in [0.29, 0.717) is 0 Å². The molecule has 1 fully saturated rings. The normalized spacial score (nSPS) is 16.5. The summed E-state index contributed by atoms with van der Waals surface area (Å²) in [4.78, 5) is 2.29. The molecule has 16 heavy (non-hydrogen) atoms. The Hall–Kier alpha value is -1.52. The first kappa shape index (κ1) is 11.0. The number of amidine groups is 1. The van der Waals surface area contributed by atoms with Crippen molar-refractivity contribution in [2.75, 3.05) is 18.0 Å². The van der Waals surface area contributed by atoms with Crippen LogP contribution in [0.3, 0.4) is 0 Å². The van der Waals surface area contributed by atoms with E-state index < -0.39 is 0 Å². The van der Waals surface area contributed by atoms with E-state index in [2.05, 4.69) is 10.00 Å². The molecule has 0 bridgehead atoms. The van der Waals surface area contributed by atoms with E-state index >= 15 is 0 Å². The highest BCUT2D eigenvalue weighted by molar-refractivity contribution is 6.00. The van der Waals surface area contributed by atoms with Crippen LogP contribution in [0.1, 0.15) is 30.5 Å². The van der Waals surface area contributed by atoms with Crippen molar-refractivity contribution in [1.82, 2.24) is 9.78 Å². The van der Waals surface area contributed by atoms with Crippen LogP contribution in [-0.4, -0.2) is 28.7 Å². The van der Waals surface area contributed by atoms with E-state index in [9.17, 15) is 0 Å². The lowest BCUT2D eigenvalue weighted by atomic mass is 10.1. The standard InChI is InChI=1S/C11H19N5/c1-8-9(10(12)13)11(15(2)14-8)16-6-4-3-5-7-16/h3-7H2,1-2H3,(H3,12,13). The monoisotopic (exact) mass is 221 g/mol. The first-order valence-corrected chi connectivity index (χ1v) is 5.74. The molecule has 5 nitrogen and oxygen atoms in total. The number of aromatic nitrogens is 2. The smallest absolute Gasteiger partial charge is 0.137 e. The molecule has 1 saturated heterocycles. The minimum Gasteiger partial charge on any atom is -0.384 e. The molecule has 88 valence electrons. The number of nitrogens with one attached hydrogen (secondary N) is 1. The van der Waals surface area contributed by atoms with Gasteiger partial charge in [-0.3, -0.25) is 10.1 Å². The lowest BCUT2D eigenvalue weighted by molar-refractivity contribution is 0.561. The van der Waals surface area contributed by atoms with Gasteiger partial charge in [0.1, 0.15) is 11.7 Å². The largest absolute Gasteiger partial charge is 0.384 e. The highest BCUT2D eigenvalue weighted by Crippen LogP contribution is 2.25. The van der Waals surface area contributed by atoms with Crippen LogP contribution in [0.5, 0.6) is 0 Å². The molecule has 3 N–H and O–H groups in total. The predicted molar refractivity (Wildman–Crippen MR) is 65.0 cm³/mol. The van der Waals surface area contributed by atoms with Gasteiger partial charge in [-0.1, -0.05) is 0 Å². The minimum absolute atomic E-state index is 0.117. The summed E-state index contributed by atoms with van der Waals surface area (Å²) in [6.07, 6.45) is 3.71. The molecule has 0 amide bonds. The van der Waals surface area contributed by atoms with Crippen molar-refractivity contribution in [3.8, 4) is 0 Å². The lowest BCUT2D eigenvalue weighted by Crippen LogP contribution is -2.33. The van der Waals surface area contributed by atoms with Gasteiger partial charge in [-0.25, -0.2) is 0 Å². The van der Waals surface area contributed by atoms with Gasteiger partial charge in [-0.05, 0) is 26.2 Å². The number of anilines is 1. The zero-order chi connectivity index (χ0) is 11.7. The second kappa shape index (κ2) is 4.15. The van der Waals surface area contributed by atoms with Crippen molar-refractivity contribution < 1.29 is 0 Å². The average molecular weight is 221 g/mol. The zero-order valence-corrected chi connectivity index (χ0v) is 9.95. The number of hydrogen-bond acceptors (Lipinski definition) is 3. The lowest BCUT2D eigenvalue weighted by Gasteiger charge is -2.29. The van der Waals surface area contributed by atoms with Gasteiger partial charge in [0.2, 0.25) is 0 Å². The van der Waals surface area contributed by atoms with Crippen molar-refractivity contribution >= 4 is 11.7 Å². The highest BCUT2D eigenvalue weighted by atomic mass is 15.4. The number of rotatable bonds is 2. The molecule has 0 unspecified atom stereocenters. The van der Waals surface area contributed by atoms with E-state index in [-0.39, 0.29) is 5.84 Å². The highest BCUT2D eigenvalue weighted by Gasteiger charge is 2.22. The van der Waals surface area contributed by atoms with Gasteiger partial charge in [-0.2, -0.15) is 5.10 Å². The number of nitrogen functional groups attached to an aromatic ring is 1. The Balaban J connectivity index is 2.41. The predicted octanol–water partition coefficient (Wildman–Crippen LogP) is 1.00. The number of aryl methyl sites for hydroxylation is 2. The Morgan fingerprint density at radius 2 is 1.94 bits per heavy atom.